The van der Waals surface area contributed by atoms with E-state index >= 15 is 0 Å². The maximum atomic E-state index is 3.63. The Balaban J connectivity index is 1.92. The first-order chi connectivity index (χ1) is 8.93. The second kappa shape index (κ2) is 3.94. The molecule has 3 aromatic rings. The van der Waals surface area contributed by atoms with Crippen molar-refractivity contribution in [1.29, 1.82) is 0 Å². The van der Waals surface area contributed by atoms with E-state index in [2.05, 4.69) is 59.2 Å². The van der Waals surface area contributed by atoms with Crippen LogP contribution in [0.4, 0.5) is 0 Å². The van der Waals surface area contributed by atoms with Crippen LogP contribution in [-0.2, 0) is 6.54 Å². The first-order valence-corrected chi connectivity index (χ1v) is 7.09. The Morgan fingerprint density at radius 3 is 2.83 bits per heavy atom. The molecule has 0 spiro atoms. The van der Waals surface area contributed by atoms with E-state index in [-0.39, 0.29) is 0 Å². The summed E-state index contributed by atoms with van der Waals surface area (Å²) in [6, 6.07) is 17.9. The van der Waals surface area contributed by atoms with Crippen molar-refractivity contribution in [2.24, 2.45) is 0 Å². The molecule has 1 aliphatic heterocycles. The third kappa shape index (κ3) is 1.43. The van der Waals surface area contributed by atoms with Crippen LogP contribution in [0.5, 0.6) is 0 Å². The van der Waals surface area contributed by atoms with Crippen LogP contribution in [0.25, 0.3) is 10.1 Å². The molecule has 1 atom stereocenters. The number of fused-ring (bicyclic) bond motifs is 2. The van der Waals surface area contributed by atoms with E-state index in [1.165, 1.54) is 26.8 Å². The Kier molecular flexibility index (Phi) is 2.25. The second-order valence-electron chi connectivity index (χ2n) is 4.70. The molecule has 0 saturated carbocycles. The van der Waals surface area contributed by atoms with Crippen LogP contribution in [0.3, 0.4) is 0 Å². The van der Waals surface area contributed by atoms with Gasteiger partial charge in [-0.3, -0.25) is 0 Å². The Bertz CT molecular complexity index is 714. The molecule has 1 N–H and O–H groups in total. The summed E-state index contributed by atoms with van der Waals surface area (Å²) in [6.45, 7) is 0.975. The molecular formula is C16H13NS. The summed E-state index contributed by atoms with van der Waals surface area (Å²) < 4.78 is 1.41. The highest BCUT2D eigenvalue weighted by Crippen LogP contribution is 2.36. The summed E-state index contributed by atoms with van der Waals surface area (Å²) in [5.74, 6) is 0. The van der Waals surface area contributed by atoms with Crippen LogP contribution in [-0.4, -0.2) is 0 Å². The van der Waals surface area contributed by atoms with Gasteiger partial charge >= 0.3 is 0 Å². The van der Waals surface area contributed by atoms with Crippen molar-refractivity contribution < 1.29 is 0 Å². The highest BCUT2D eigenvalue weighted by atomic mass is 32.1. The molecule has 0 fully saturated rings. The average molecular weight is 251 g/mol. The number of nitrogens with one attached hydrogen (secondary N) is 1. The first-order valence-electron chi connectivity index (χ1n) is 6.21. The van der Waals surface area contributed by atoms with Gasteiger partial charge in [-0.1, -0.05) is 42.5 Å². The van der Waals surface area contributed by atoms with Crippen molar-refractivity contribution in [3.8, 4) is 0 Å². The molecule has 1 aliphatic rings. The normalized spacial score (nSPS) is 18.1. The van der Waals surface area contributed by atoms with Crippen molar-refractivity contribution in [3.63, 3.8) is 0 Å². The van der Waals surface area contributed by atoms with Crippen LogP contribution in [0.1, 0.15) is 22.7 Å². The zero-order valence-electron chi connectivity index (χ0n) is 9.89. The fourth-order valence-corrected chi connectivity index (χ4v) is 3.76. The van der Waals surface area contributed by atoms with Gasteiger partial charge in [0.05, 0.1) is 6.04 Å². The van der Waals surface area contributed by atoms with Gasteiger partial charge < -0.3 is 5.32 Å². The lowest BCUT2D eigenvalue weighted by molar-refractivity contribution is 0.672. The lowest BCUT2D eigenvalue weighted by Crippen LogP contribution is -2.13. The van der Waals surface area contributed by atoms with Gasteiger partial charge in [0.25, 0.3) is 0 Å². The number of hydrogen-bond acceptors (Lipinski definition) is 2. The highest BCUT2D eigenvalue weighted by Gasteiger charge is 2.24. The van der Waals surface area contributed by atoms with Crippen molar-refractivity contribution >= 4 is 21.4 Å². The number of rotatable bonds is 1. The summed E-state index contributed by atoms with van der Waals surface area (Å²) in [6.07, 6.45) is 0. The smallest absolute Gasteiger partial charge is 0.0596 e. The third-order valence-electron chi connectivity index (χ3n) is 3.68. The summed E-state index contributed by atoms with van der Waals surface area (Å²) in [5.41, 5.74) is 4.27. The third-order valence-corrected chi connectivity index (χ3v) is 4.66. The van der Waals surface area contributed by atoms with Crippen LogP contribution < -0.4 is 5.32 Å². The minimum Gasteiger partial charge on any atom is -0.302 e. The van der Waals surface area contributed by atoms with Crippen LogP contribution in [0.15, 0.2) is 53.9 Å². The zero-order chi connectivity index (χ0) is 11.9. The maximum Gasteiger partial charge on any atom is 0.0596 e. The summed E-state index contributed by atoms with van der Waals surface area (Å²) >= 11 is 1.84. The van der Waals surface area contributed by atoms with E-state index in [1.54, 1.807) is 0 Å². The van der Waals surface area contributed by atoms with Gasteiger partial charge in [-0.25, -0.2) is 0 Å². The molecule has 0 aliphatic carbocycles. The lowest BCUT2D eigenvalue weighted by atomic mass is 9.98. The molecule has 2 heterocycles. The van der Waals surface area contributed by atoms with E-state index in [1.807, 2.05) is 11.3 Å². The Hall–Kier alpha value is -1.64. The largest absolute Gasteiger partial charge is 0.302 e. The fraction of sp³-hybridized carbons (Fsp3) is 0.125. The molecule has 4 rings (SSSR count). The van der Waals surface area contributed by atoms with E-state index < -0.39 is 0 Å². The van der Waals surface area contributed by atoms with Gasteiger partial charge in [0, 0.05) is 11.2 Å². The molecule has 0 saturated heterocycles. The Morgan fingerprint density at radius 2 is 1.83 bits per heavy atom. The minimum atomic E-state index is 0.351. The molecule has 0 amide bonds. The van der Waals surface area contributed by atoms with Crippen molar-refractivity contribution in [2.45, 2.75) is 12.6 Å². The second-order valence-corrected chi connectivity index (χ2v) is 5.62. The fourth-order valence-electron chi connectivity index (χ4n) is 2.82. The number of thiophene rings is 1. The van der Waals surface area contributed by atoms with Gasteiger partial charge in [-0.05, 0) is 33.5 Å². The highest BCUT2D eigenvalue weighted by molar-refractivity contribution is 7.17. The van der Waals surface area contributed by atoms with Crippen LogP contribution in [0.2, 0.25) is 0 Å². The maximum absolute atomic E-state index is 3.63. The van der Waals surface area contributed by atoms with Crippen LogP contribution in [0, 0.1) is 0 Å². The molecular weight excluding hydrogens is 238 g/mol. The molecule has 0 radical (unpaired) electrons. The summed E-state index contributed by atoms with van der Waals surface area (Å²) in [4.78, 5) is 0. The Morgan fingerprint density at radius 1 is 0.944 bits per heavy atom. The molecule has 1 aromatic heterocycles. The van der Waals surface area contributed by atoms with Crippen molar-refractivity contribution in [3.05, 3.63) is 70.6 Å². The van der Waals surface area contributed by atoms with E-state index in [4.69, 9.17) is 0 Å². The topological polar surface area (TPSA) is 12.0 Å². The summed E-state index contributed by atoms with van der Waals surface area (Å²) in [7, 11) is 0. The Labute approximate surface area is 110 Å². The quantitative estimate of drug-likeness (QED) is 0.686. The predicted octanol–water partition coefficient (Wildman–Crippen LogP) is 4.09. The minimum absolute atomic E-state index is 0.351. The van der Waals surface area contributed by atoms with E-state index in [0.717, 1.165) is 6.54 Å². The predicted molar refractivity (Wildman–Crippen MR) is 76.9 cm³/mol. The SMILES string of the molecule is c1ccc2c(c1)CNC2c1cccc2ccsc12. The van der Waals surface area contributed by atoms with Gasteiger partial charge in [0.1, 0.15) is 0 Å². The van der Waals surface area contributed by atoms with Gasteiger partial charge in [0.2, 0.25) is 0 Å². The van der Waals surface area contributed by atoms with Gasteiger partial charge in [-0.2, -0.15) is 0 Å². The molecule has 1 unspecified atom stereocenters. The standard InChI is InChI=1S/C16H13NS/c1-2-6-13-12(4-1)10-17-15(13)14-7-3-5-11-8-9-18-16(11)14/h1-9,15,17H,10H2. The lowest BCUT2D eigenvalue weighted by Gasteiger charge is -2.13. The molecule has 2 heteroatoms. The molecule has 0 bridgehead atoms. The monoisotopic (exact) mass is 251 g/mol. The summed E-state index contributed by atoms with van der Waals surface area (Å²) in [5, 5.41) is 7.15. The van der Waals surface area contributed by atoms with Crippen molar-refractivity contribution in [1.82, 2.24) is 5.32 Å². The molecule has 2 aromatic carbocycles. The first kappa shape index (κ1) is 10.3. The van der Waals surface area contributed by atoms with E-state index in [0.29, 0.717) is 6.04 Å². The molecule has 1 nitrogen and oxygen atoms in total. The zero-order valence-corrected chi connectivity index (χ0v) is 10.7. The molecule has 18 heavy (non-hydrogen) atoms. The van der Waals surface area contributed by atoms with Crippen LogP contribution >= 0.6 is 11.3 Å². The van der Waals surface area contributed by atoms with Gasteiger partial charge in [-0.15, -0.1) is 11.3 Å². The van der Waals surface area contributed by atoms with Gasteiger partial charge in [0.15, 0.2) is 0 Å². The number of hydrogen-bond donors (Lipinski definition) is 1. The average Bonchev–Trinajstić information content (AvgIpc) is 3.05. The van der Waals surface area contributed by atoms with E-state index in [9.17, 15) is 0 Å². The molecule has 88 valence electrons. The number of benzene rings is 2. The van der Waals surface area contributed by atoms with Crippen molar-refractivity contribution in [2.75, 3.05) is 0 Å².